The normalized spacial score (nSPS) is 23.1. The van der Waals surface area contributed by atoms with Gasteiger partial charge in [-0.2, -0.15) is 4.99 Å². The number of rotatable bonds is 5. The molecule has 2 fully saturated rings. The van der Waals surface area contributed by atoms with Crippen molar-refractivity contribution in [1.29, 1.82) is 0 Å². The number of halogens is 1. The van der Waals surface area contributed by atoms with Crippen LogP contribution in [0.3, 0.4) is 0 Å². The average molecular weight is 481 g/mol. The molecule has 0 spiro atoms. The Balaban J connectivity index is 1.63. The van der Waals surface area contributed by atoms with Crippen molar-refractivity contribution in [1.82, 2.24) is 0 Å². The van der Waals surface area contributed by atoms with E-state index in [1.54, 1.807) is 37.4 Å². The molecule has 0 aromatic heterocycles. The van der Waals surface area contributed by atoms with Crippen LogP contribution in [0.15, 0.2) is 47.5 Å². The molecule has 0 saturated carbocycles. The van der Waals surface area contributed by atoms with E-state index in [-0.39, 0.29) is 35.1 Å². The van der Waals surface area contributed by atoms with E-state index in [0.29, 0.717) is 27.4 Å². The Morgan fingerprint density at radius 2 is 1.90 bits per heavy atom. The molecule has 2 atom stereocenters. The number of carbonyl (C=O) groups is 1. The lowest BCUT2D eigenvalue weighted by atomic mass is 10.1. The second-order valence-electron chi connectivity index (χ2n) is 7.30. The highest BCUT2D eigenvalue weighted by atomic mass is 35.5. The van der Waals surface area contributed by atoms with Crippen molar-refractivity contribution in [2.75, 3.05) is 30.6 Å². The lowest BCUT2D eigenvalue weighted by molar-refractivity contribution is -0.117. The highest BCUT2D eigenvalue weighted by Crippen LogP contribution is 2.42. The van der Waals surface area contributed by atoms with Crippen molar-refractivity contribution >= 4 is 50.0 Å². The molecule has 2 aromatic rings. The van der Waals surface area contributed by atoms with Crippen LogP contribution < -0.4 is 14.4 Å². The van der Waals surface area contributed by atoms with Crippen molar-refractivity contribution in [2.45, 2.75) is 17.7 Å². The Morgan fingerprint density at radius 1 is 1.16 bits per heavy atom. The smallest absolute Gasteiger partial charge is 0.252 e. The van der Waals surface area contributed by atoms with Crippen LogP contribution in [0.5, 0.6) is 11.5 Å². The molecule has 0 unspecified atom stereocenters. The van der Waals surface area contributed by atoms with Crippen LogP contribution >= 0.6 is 23.4 Å². The molecule has 2 saturated heterocycles. The van der Waals surface area contributed by atoms with Crippen molar-refractivity contribution in [3.8, 4) is 11.5 Å². The Labute approximate surface area is 190 Å². The maximum Gasteiger partial charge on any atom is 0.252 e. The van der Waals surface area contributed by atoms with Gasteiger partial charge >= 0.3 is 0 Å². The molecule has 0 radical (unpaired) electrons. The van der Waals surface area contributed by atoms with Gasteiger partial charge in [-0.3, -0.25) is 4.79 Å². The van der Waals surface area contributed by atoms with Gasteiger partial charge in [0, 0.05) is 10.9 Å². The minimum absolute atomic E-state index is 0.0139. The minimum atomic E-state index is -3.15. The maximum atomic E-state index is 12.7. The van der Waals surface area contributed by atoms with Crippen LogP contribution in [0.4, 0.5) is 5.69 Å². The fourth-order valence-corrected chi connectivity index (χ4v) is 7.92. The zero-order valence-electron chi connectivity index (χ0n) is 16.9. The number of methoxy groups -OCH3 is 2. The van der Waals surface area contributed by atoms with Gasteiger partial charge in [0.05, 0.1) is 43.2 Å². The number of fused-ring (bicyclic) bond motifs is 1. The highest BCUT2D eigenvalue weighted by molar-refractivity contribution is 8.16. The molecule has 0 N–H and O–H groups in total. The molecule has 10 heteroatoms. The van der Waals surface area contributed by atoms with Gasteiger partial charge in [-0.15, -0.1) is 0 Å². The van der Waals surface area contributed by atoms with E-state index in [4.69, 9.17) is 21.1 Å². The van der Waals surface area contributed by atoms with E-state index in [1.165, 1.54) is 18.9 Å². The number of benzene rings is 2. The molecule has 0 bridgehead atoms. The first-order valence-corrected chi connectivity index (χ1v) is 12.6. The number of carbonyl (C=O) groups excluding carboxylic acids is 1. The lowest BCUT2D eigenvalue weighted by Crippen LogP contribution is -2.37. The Bertz CT molecular complexity index is 1130. The van der Waals surface area contributed by atoms with Gasteiger partial charge in [-0.25, -0.2) is 8.42 Å². The quantitative estimate of drug-likeness (QED) is 0.649. The molecular formula is C21H21ClN2O5S2. The number of thioether (sulfide) groups is 1. The molecule has 2 aliphatic heterocycles. The minimum Gasteiger partial charge on any atom is -0.497 e. The number of ether oxygens (including phenoxy) is 2. The molecule has 0 aliphatic carbocycles. The van der Waals surface area contributed by atoms with Crippen LogP contribution in [0.2, 0.25) is 5.02 Å². The number of amides is 1. The summed E-state index contributed by atoms with van der Waals surface area (Å²) in [6.07, 6.45) is 0.138. The third-order valence-electron chi connectivity index (χ3n) is 5.21. The van der Waals surface area contributed by atoms with Crippen LogP contribution in [-0.4, -0.2) is 56.5 Å². The predicted molar refractivity (Wildman–Crippen MR) is 123 cm³/mol. The zero-order chi connectivity index (χ0) is 22.2. The van der Waals surface area contributed by atoms with E-state index in [0.717, 1.165) is 5.56 Å². The fraction of sp³-hybridized carbons (Fsp3) is 0.333. The fourth-order valence-electron chi connectivity index (χ4n) is 3.74. The summed E-state index contributed by atoms with van der Waals surface area (Å²) in [6.45, 7) is 0. The average Bonchev–Trinajstić information content (AvgIpc) is 3.19. The topological polar surface area (TPSA) is 85.3 Å². The third-order valence-corrected chi connectivity index (χ3v) is 8.72. The Kier molecular flexibility index (Phi) is 6.18. The Morgan fingerprint density at radius 3 is 2.55 bits per heavy atom. The largest absolute Gasteiger partial charge is 0.497 e. The maximum absolute atomic E-state index is 12.7. The SMILES string of the molecule is COc1ccc(CC(=O)N=C2S[C@@H]3CS(=O)(=O)C[C@@H]3N2c2ccc(OC)c(Cl)c2)cc1. The monoisotopic (exact) mass is 480 g/mol. The zero-order valence-corrected chi connectivity index (χ0v) is 19.3. The molecule has 31 heavy (non-hydrogen) atoms. The number of sulfone groups is 1. The second kappa shape index (κ2) is 8.72. The van der Waals surface area contributed by atoms with E-state index in [1.807, 2.05) is 17.0 Å². The number of anilines is 1. The molecular weight excluding hydrogens is 460 g/mol. The Hall–Kier alpha value is -2.23. The summed E-state index contributed by atoms with van der Waals surface area (Å²) in [6, 6.07) is 12.1. The van der Waals surface area contributed by atoms with Gasteiger partial charge in [-0.05, 0) is 35.9 Å². The second-order valence-corrected chi connectivity index (χ2v) is 11.1. The molecule has 1 amide bonds. The van der Waals surface area contributed by atoms with Crippen LogP contribution in [0.25, 0.3) is 0 Å². The number of hydrogen-bond donors (Lipinski definition) is 0. The van der Waals surface area contributed by atoms with Gasteiger partial charge in [0.1, 0.15) is 11.5 Å². The summed E-state index contributed by atoms with van der Waals surface area (Å²) in [7, 11) is -0.0399. The van der Waals surface area contributed by atoms with Gasteiger partial charge < -0.3 is 14.4 Å². The standard InChI is InChI=1S/C21H21ClN2O5S2/c1-28-15-6-3-13(4-7-15)9-20(25)23-21-24(14-5-8-18(29-2)16(22)10-14)17-11-31(26,27)12-19(17)30-21/h3-8,10,17,19H,9,11-12H2,1-2H3/t17-,19+/m0/s1. The van der Waals surface area contributed by atoms with Gasteiger partial charge in [0.25, 0.3) is 5.91 Å². The van der Waals surface area contributed by atoms with Gasteiger partial charge in [0.2, 0.25) is 0 Å². The summed E-state index contributed by atoms with van der Waals surface area (Å²) in [5.74, 6) is 1.00. The highest BCUT2D eigenvalue weighted by Gasteiger charge is 2.49. The van der Waals surface area contributed by atoms with E-state index >= 15 is 0 Å². The van der Waals surface area contributed by atoms with Crippen LogP contribution in [0.1, 0.15) is 5.56 Å². The molecule has 2 aromatic carbocycles. The molecule has 4 rings (SSSR count). The van der Waals surface area contributed by atoms with Crippen LogP contribution in [-0.2, 0) is 21.1 Å². The summed E-state index contributed by atoms with van der Waals surface area (Å²) in [5, 5.41) is 0.710. The summed E-state index contributed by atoms with van der Waals surface area (Å²) in [4.78, 5) is 18.8. The van der Waals surface area contributed by atoms with E-state index in [9.17, 15) is 13.2 Å². The summed E-state index contributed by atoms with van der Waals surface area (Å²) < 4.78 is 34.8. The number of amidine groups is 1. The lowest BCUT2D eigenvalue weighted by Gasteiger charge is -2.25. The van der Waals surface area contributed by atoms with E-state index in [2.05, 4.69) is 4.99 Å². The first-order valence-electron chi connectivity index (χ1n) is 9.54. The molecule has 7 nitrogen and oxygen atoms in total. The predicted octanol–water partition coefficient (Wildman–Crippen LogP) is 3.20. The summed E-state index contributed by atoms with van der Waals surface area (Å²) >= 11 is 7.63. The summed E-state index contributed by atoms with van der Waals surface area (Å²) in [5.41, 5.74) is 1.50. The molecule has 164 valence electrons. The van der Waals surface area contributed by atoms with Crippen molar-refractivity contribution in [2.24, 2.45) is 4.99 Å². The number of nitrogens with zero attached hydrogens (tertiary/aromatic N) is 2. The first-order chi connectivity index (χ1) is 14.8. The van der Waals surface area contributed by atoms with Crippen molar-refractivity contribution in [3.63, 3.8) is 0 Å². The molecule has 2 aliphatic rings. The van der Waals surface area contributed by atoms with E-state index < -0.39 is 9.84 Å². The number of hydrogen-bond acceptors (Lipinski definition) is 6. The molecule has 2 heterocycles. The van der Waals surface area contributed by atoms with Gasteiger partial charge in [-0.1, -0.05) is 35.5 Å². The number of aliphatic imine (C=N–C) groups is 1. The van der Waals surface area contributed by atoms with Gasteiger partial charge in [0.15, 0.2) is 15.0 Å². The van der Waals surface area contributed by atoms with Crippen molar-refractivity contribution in [3.05, 3.63) is 53.1 Å². The third kappa shape index (κ3) is 4.68. The van der Waals surface area contributed by atoms with Crippen LogP contribution in [0, 0.1) is 0 Å². The first kappa shape index (κ1) is 22.0. The van der Waals surface area contributed by atoms with Crippen molar-refractivity contribution < 1.29 is 22.7 Å².